The molecule has 112 valence electrons. The SMILES string of the molecule is CNC(Cc1cccc(Cl)c1)c1ccc(OC(C)C)cc1. The molecule has 3 heteroatoms. The molecule has 0 radical (unpaired) electrons. The van der Waals surface area contributed by atoms with Crippen molar-refractivity contribution < 1.29 is 4.74 Å². The van der Waals surface area contributed by atoms with E-state index in [0.29, 0.717) is 0 Å². The summed E-state index contributed by atoms with van der Waals surface area (Å²) in [6.07, 6.45) is 1.10. The molecule has 2 nitrogen and oxygen atoms in total. The summed E-state index contributed by atoms with van der Waals surface area (Å²) in [6, 6.07) is 16.6. The third-order valence-corrected chi connectivity index (χ3v) is 3.57. The standard InChI is InChI=1S/C18H22ClNO/c1-13(2)21-17-9-7-15(8-10-17)18(20-3)12-14-5-4-6-16(19)11-14/h4-11,13,18,20H,12H2,1-3H3. The monoisotopic (exact) mass is 303 g/mol. The topological polar surface area (TPSA) is 21.3 Å². The summed E-state index contributed by atoms with van der Waals surface area (Å²) in [7, 11) is 1.98. The van der Waals surface area contributed by atoms with Crippen LogP contribution in [0.5, 0.6) is 5.75 Å². The Kier molecular flexibility index (Phi) is 5.66. The Bertz CT molecular complexity index is 566. The highest BCUT2D eigenvalue weighted by Gasteiger charge is 2.10. The Morgan fingerprint density at radius 2 is 1.81 bits per heavy atom. The molecule has 21 heavy (non-hydrogen) atoms. The highest BCUT2D eigenvalue weighted by atomic mass is 35.5. The van der Waals surface area contributed by atoms with Crippen LogP contribution < -0.4 is 10.1 Å². The lowest BCUT2D eigenvalue weighted by atomic mass is 9.99. The number of hydrogen-bond acceptors (Lipinski definition) is 2. The third-order valence-electron chi connectivity index (χ3n) is 3.33. The molecule has 0 saturated carbocycles. The zero-order valence-electron chi connectivity index (χ0n) is 12.8. The molecule has 0 aliphatic rings. The van der Waals surface area contributed by atoms with Gasteiger partial charge in [-0.2, -0.15) is 0 Å². The average Bonchev–Trinajstić information content (AvgIpc) is 2.45. The van der Waals surface area contributed by atoms with Gasteiger partial charge >= 0.3 is 0 Å². The number of benzene rings is 2. The lowest BCUT2D eigenvalue weighted by Crippen LogP contribution is -2.18. The molecule has 0 heterocycles. The van der Waals surface area contributed by atoms with Crippen LogP contribution in [0.15, 0.2) is 48.5 Å². The molecular formula is C18H22ClNO. The van der Waals surface area contributed by atoms with E-state index in [2.05, 4.69) is 23.5 Å². The van der Waals surface area contributed by atoms with Crippen molar-refractivity contribution in [3.05, 3.63) is 64.7 Å². The van der Waals surface area contributed by atoms with Crippen molar-refractivity contribution in [2.75, 3.05) is 7.05 Å². The molecule has 0 saturated heterocycles. The van der Waals surface area contributed by atoms with E-state index >= 15 is 0 Å². The summed E-state index contributed by atoms with van der Waals surface area (Å²) in [5.41, 5.74) is 2.47. The molecule has 1 N–H and O–H groups in total. The summed E-state index contributed by atoms with van der Waals surface area (Å²) in [5, 5.41) is 4.14. The average molecular weight is 304 g/mol. The van der Waals surface area contributed by atoms with Gasteiger partial charge in [-0.3, -0.25) is 0 Å². The van der Waals surface area contributed by atoms with Crippen LogP contribution >= 0.6 is 11.6 Å². The molecule has 0 aromatic heterocycles. The molecular weight excluding hydrogens is 282 g/mol. The van der Waals surface area contributed by atoms with E-state index in [0.717, 1.165) is 17.2 Å². The fraction of sp³-hybridized carbons (Fsp3) is 0.333. The van der Waals surface area contributed by atoms with Crippen LogP contribution in [0, 0.1) is 0 Å². The van der Waals surface area contributed by atoms with Crippen molar-refractivity contribution in [2.45, 2.75) is 32.4 Å². The summed E-state index contributed by atoms with van der Waals surface area (Å²) in [6.45, 7) is 4.06. The van der Waals surface area contributed by atoms with Crippen LogP contribution in [0.25, 0.3) is 0 Å². The molecule has 0 aliphatic carbocycles. The van der Waals surface area contributed by atoms with Gasteiger partial charge in [-0.25, -0.2) is 0 Å². The summed E-state index contributed by atoms with van der Waals surface area (Å²) >= 11 is 6.05. The van der Waals surface area contributed by atoms with E-state index in [1.165, 1.54) is 11.1 Å². The van der Waals surface area contributed by atoms with Gasteiger partial charge in [0.2, 0.25) is 0 Å². The van der Waals surface area contributed by atoms with E-state index in [9.17, 15) is 0 Å². The minimum atomic E-state index is 0.197. The lowest BCUT2D eigenvalue weighted by molar-refractivity contribution is 0.242. The van der Waals surface area contributed by atoms with Gasteiger partial charge in [0.05, 0.1) is 6.10 Å². The number of likely N-dealkylation sites (N-methyl/N-ethyl adjacent to an activating group) is 1. The summed E-state index contributed by atoms with van der Waals surface area (Å²) in [4.78, 5) is 0. The highest BCUT2D eigenvalue weighted by Crippen LogP contribution is 2.23. The first-order valence-electron chi connectivity index (χ1n) is 7.27. The van der Waals surface area contributed by atoms with Crippen LogP contribution in [0.4, 0.5) is 0 Å². The normalized spacial score (nSPS) is 12.4. The Morgan fingerprint density at radius 3 is 2.38 bits per heavy atom. The van der Waals surface area contributed by atoms with Crippen molar-refractivity contribution in [1.29, 1.82) is 0 Å². The molecule has 0 spiro atoms. The van der Waals surface area contributed by atoms with Gasteiger partial charge in [-0.05, 0) is 62.7 Å². The Balaban J connectivity index is 2.10. The highest BCUT2D eigenvalue weighted by molar-refractivity contribution is 6.30. The fourth-order valence-corrected chi connectivity index (χ4v) is 2.55. The number of rotatable bonds is 6. The second kappa shape index (κ2) is 7.48. The fourth-order valence-electron chi connectivity index (χ4n) is 2.34. The van der Waals surface area contributed by atoms with Crippen LogP contribution in [-0.4, -0.2) is 13.2 Å². The first-order valence-corrected chi connectivity index (χ1v) is 7.64. The Hall–Kier alpha value is -1.51. The van der Waals surface area contributed by atoms with Crippen LogP contribution in [0.1, 0.15) is 31.0 Å². The van der Waals surface area contributed by atoms with Crippen molar-refractivity contribution in [3.63, 3.8) is 0 Å². The third kappa shape index (κ3) is 4.76. The van der Waals surface area contributed by atoms with Gasteiger partial charge in [-0.1, -0.05) is 35.9 Å². The predicted octanol–water partition coefficient (Wildman–Crippen LogP) is 4.63. The molecule has 2 aromatic carbocycles. The maximum absolute atomic E-state index is 6.05. The summed E-state index contributed by atoms with van der Waals surface area (Å²) < 4.78 is 5.68. The minimum Gasteiger partial charge on any atom is -0.491 e. The molecule has 1 unspecified atom stereocenters. The number of hydrogen-bond donors (Lipinski definition) is 1. The number of ether oxygens (including phenoxy) is 1. The second-order valence-corrected chi connectivity index (χ2v) is 5.85. The maximum atomic E-state index is 6.05. The van der Waals surface area contributed by atoms with E-state index in [1.54, 1.807) is 0 Å². The van der Waals surface area contributed by atoms with Gasteiger partial charge < -0.3 is 10.1 Å². The molecule has 0 aliphatic heterocycles. The van der Waals surface area contributed by atoms with Gasteiger partial charge in [0, 0.05) is 11.1 Å². The van der Waals surface area contributed by atoms with Gasteiger partial charge in [0.1, 0.15) is 5.75 Å². The van der Waals surface area contributed by atoms with E-state index in [1.807, 2.05) is 51.2 Å². The first-order chi connectivity index (χ1) is 10.1. The van der Waals surface area contributed by atoms with E-state index < -0.39 is 0 Å². The quantitative estimate of drug-likeness (QED) is 0.840. The van der Waals surface area contributed by atoms with Gasteiger partial charge in [0.15, 0.2) is 0 Å². The molecule has 2 aromatic rings. The molecule has 0 bridgehead atoms. The lowest BCUT2D eigenvalue weighted by Gasteiger charge is -2.18. The van der Waals surface area contributed by atoms with Crippen molar-refractivity contribution in [2.24, 2.45) is 0 Å². The number of halogens is 1. The Labute approximate surface area is 132 Å². The van der Waals surface area contributed by atoms with Gasteiger partial charge in [0.25, 0.3) is 0 Å². The largest absolute Gasteiger partial charge is 0.491 e. The van der Waals surface area contributed by atoms with Gasteiger partial charge in [-0.15, -0.1) is 0 Å². The Morgan fingerprint density at radius 1 is 1.10 bits per heavy atom. The maximum Gasteiger partial charge on any atom is 0.119 e. The van der Waals surface area contributed by atoms with E-state index in [4.69, 9.17) is 16.3 Å². The molecule has 2 rings (SSSR count). The second-order valence-electron chi connectivity index (χ2n) is 5.41. The smallest absolute Gasteiger partial charge is 0.119 e. The molecule has 1 atom stereocenters. The number of nitrogens with one attached hydrogen (secondary N) is 1. The zero-order valence-corrected chi connectivity index (χ0v) is 13.5. The van der Waals surface area contributed by atoms with Crippen LogP contribution in [-0.2, 0) is 6.42 Å². The van der Waals surface area contributed by atoms with Crippen molar-refractivity contribution in [1.82, 2.24) is 5.32 Å². The molecule has 0 fully saturated rings. The summed E-state index contributed by atoms with van der Waals surface area (Å²) in [5.74, 6) is 0.909. The molecule has 0 amide bonds. The minimum absolute atomic E-state index is 0.197. The van der Waals surface area contributed by atoms with Crippen molar-refractivity contribution in [3.8, 4) is 5.75 Å². The van der Waals surface area contributed by atoms with E-state index in [-0.39, 0.29) is 12.1 Å². The first kappa shape index (κ1) is 15.9. The van der Waals surface area contributed by atoms with Crippen LogP contribution in [0.3, 0.4) is 0 Å². The van der Waals surface area contributed by atoms with Crippen LogP contribution in [0.2, 0.25) is 5.02 Å². The predicted molar refractivity (Wildman–Crippen MR) is 89.2 cm³/mol. The van der Waals surface area contributed by atoms with Crippen molar-refractivity contribution >= 4 is 11.6 Å². The zero-order chi connectivity index (χ0) is 15.2.